The number of hydrogen-bond acceptors (Lipinski definition) is 2. The molecule has 0 spiro atoms. The van der Waals surface area contributed by atoms with Crippen LogP contribution >= 0.6 is 7.72 Å². The molecule has 1 rings (SSSR count). The fraction of sp³-hybridized carbons (Fsp3) is 0.667. The van der Waals surface area contributed by atoms with Gasteiger partial charge in [0.15, 0.2) is 0 Å². The third kappa shape index (κ3) is 7.29. The van der Waals surface area contributed by atoms with Gasteiger partial charge in [-0.15, -0.1) is 0 Å². The Bertz CT molecular complexity index is 355. The summed E-state index contributed by atoms with van der Waals surface area (Å²) in [7, 11) is -2.08. The molecule has 3 heteroatoms. The Morgan fingerprint density at radius 3 is 2.14 bits per heavy atom. The number of unbranched alkanes of at least 4 members (excludes halogenated alkanes) is 5. The molecule has 0 saturated carbocycles. The standard InChI is InChI=1S/C18H33O2P/c1-4-7-8-9-10-14-17-21(6-3,19-5-2)20-18-15-12-11-13-16-18/h11-13,15-16,21H,4-10,14,17H2,1-3H3. The van der Waals surface area contributed by atoms with E-state index in [2.05, 4.69) is 20.8 Å². The fourth-order valence-electron chi connectivity index (χ4n) is 2.64. The van der Waals surface area contributed by atoms with Crippen molar-refractivity contribution < 1.29 is 9.05 Å². The summed E-state index contributed by atoms with van der Waals surface area (Å²) in [5.41, 5.74) is 0. The second-order valence-electron chi connectivity index (χ2n) is 5.63. The quantitative estimate of drug-likeness (QED) is 0.345. The molecule has 0 N–H and O–H groups in total. The van der Waals surface area contributed by atoms with Crippen molar-refractivity contribution in [1.29, 1.82) is 0 Å². The van der Waals surface area contributed by atoms with Crippen molar-refractivity contribution in [3.05, 3.63) is 30.3 Å². The second kappa shape index (κ2) is 11.0. The summed E-state index contributed by atoms with van der Waals surface area (Å²) in [6.45, 7) is 7.30. The summed E-state index contributed by atoms with van der Waals surface area (Å²) >= 11 is 0. The van der Waals surface area contributed by atoms with Crippen LogP contribution in [0.2, 0.25) is 0 Å². The maximum atomic E-state index is 6.34. The molecule has 0 heterocycles. The van der Waals surface area contributed by atoms with Gasteiger partial charge in [-0.1, -0.05) is 0 Å². The van der Waals surface area contributed by atoms with E-state index in [0.717, 1.165) is 24.7 Å². The fourth-order valence-corrected chi connectivity index (χ4v) is 5.53. The zero-order valence-corrected chi connectivity index (χ0v) is 15.1. The molecule has 21 heavy (non-hydrogen) atoms. The summed E-state index contributed by atoms with van der Waals surface area (Å²) in [6.07, 6.45) is 10.1. The average molecular weight is 312 g/mol. The van der Waals surface area contributed by atoms with Gasteiger partial charge in [0, 0.05) is 0 Å². The van der Waals surface area contributed by atoms with Gasteiger partial charge >= 0.3 is 131 Å². The molecule has 0 aliphatic heterocycles. The summed E-state index contributed by atoms with van der Waals surface area (Å²) in [5, 5.41) is 0. The Kier molecular flexibility index (Phi) is 9.70. The average Bonchev–Trinajstić information content (AvgIpc) is 2.52. The number of benzene rings is 1. The number of rotatable bonds is 12. The van der Waals surface area contributed by atoms with Crippen molar-refractivity contribution in [2.24, 2.45) is 0 Å². The summed E-state index contributed by atoms with van der Waals surface area (Å²) in [4.78, 5) is 0. The van der Waals surface area contributed by atoms with Gasteiger partial charge in [0.25, 0.3) is 0 Å². The molecule has 2 nitrogen and oxygen atoms in total. The van der Waals surface area contributed by atoms with Gasteiger partial charge in [0.1, 0.15) is 0 Å². The van der Waals surface area contributed by atoms with Crippen molar-refractivity contribution in [3.63, 3.8) is 0 Å². The second-order valence-corrected chi connectivity index (χ2v) is 9.15. The molecule has 1 aromatic rings. The zero-order chi connectivity index (χ0) is 15.4. The van der Waals surface area contributed by atoms with Crippen LogP contribution in [0, 0.1) is 0 Å². The third-order valence-corrected chi connectivity index (χ3v) is 7.52. The molecule has 0 atom stereocenters. The van der Waals surface area contributed by atoms with Crippen LogP contribution in [0.5, 0.6) is 5.75 Å². The first-order chi connectivity index (χ1) is 10.3. The van der Waals surface area contributed by atoms with Crippen LogP contribution in [-0.4, -0.2) is 18.9 Å². The molecular weight excluding hydrogens is 279 g/mol. The van der Waals surface area contributed by atoms with Crippen LogP contribution in [0.1, 0.15) is 59.3 Å². The monoisotopic (exact) mass is 312 g/mol. The molecule has 0 fully saturated rings. The Labute approximate surface area is 131 Å². The minimum absolute atomic E-state index is 0.753. The van der Waals surface area contributed by atoms with Crippen LogP contribution in [0.15, 0.2) is 30.3 Å². The van der Waals surface area contributed by atoms with Crippen molar-refractivity contribution in [2.75, 3.05) is 18.9 Å². The van der Waals surface area contributed by atoms with E-state index in [1.54, 1.807) is 0 Å². The van der Waals surface area contributed by atoms with Crippen LogP contribution < -0.4 is 4.52 Å². The van der Waals surface area contributed by atoms with Gasteiger partial charge in [-0.25, -0.2) is 0 Å². The molecule has 0 radical (unpaired) electrons. The molecule has 0 aliphatic rings. The molecule has 1 aromatic carbocycles. The van der Waals surface area contributed by atoms with Gasteiger partial charge in [-0.05, 0) is 0 Å². The van der Waals surface area contributed by atoms with Crippen molar-refractivity contribution in [3.8, 4) is 5.75 Å². The molecule has 122 valence electrons. The number of para-hydroxylation sites is 1. The van der Waals surface area contributed by atoms with Gasteiger partial charge < -0.3 is 0 Å². The van der Waals surface area contributed by atoms with E-state index in [1.807, 2.05) is 30.3 Å². The minimum atomic E-state index is -2.08. The van der Waals surface area contributed by atoms with Crippen molar-refractivity contribution >= 4 is 7.72 Å². The van der Waals surface area contributed by atoms with Crippen molar-refractivity contribution in [1.82, 2.24) is 0 Å². The molecular formula is C18H33O2P. The van der Waals surface area contributed by atoms with Gasteiger partial charge in [0.2, 0.25) is 0 Å². The topological polar surface area (TPSA) is 18.5 Å². The van der Waals surface area contributed by atoms with E-state index >= 15 is 0 Å². The van der Waals surface area contributed by atoms with E-state index in [1.165, 1.54) is 38.5 Å². The van der Waals surface area contributed by atoms with E-state index < -0.39 is 7.72 Å². The third-order valence-electron chi connectivity index (χ3n) is 3.90. The van der Waals surface area contributed by atoms with E-state index in [9.17, 15) is 0 Å². The Hall–Kier alpha value is -0.590. The Morgan fingerprint density at radius 2 is 1.52 bits per heavy atom. The van der Waals surface area contributed by atoms with Gasteiger partial charge in [-0.3, -0.25) is 0 Å². The van der Waals surface area contributed by atoms with Crippen LogP contribution in [0.3, 0.4) is 0 Å². The van der Waals surface area contributed by atoms with Gasteiger partial charge in [0.05, 0.1) is 0 Å². The van der Waals surface area contributed by atoms with Crippen molar-refractivity contribution in [2.45, 2.75) is 59.3 Å². The molecule has 0 amide bonds. The van der Waals surface area contributed by atoms with E-state index in [4.69, 9.17) is 9.05 Å². The summed E-state index contributed by atoms with van der Waals surface area (Å²) in [5.74, 6) is 0.963. The zero-order valence-electron chi connectivity index (χ0n) is 14.1. The molecule has 0 unspecified atom stereocenters. The first-order valence-corrected chi connectivity index (χ1v) is 10.9. The summed E-state index contributed by atoms with van der Waals surface area (Å²) in [6, 6.07) is 10.2. The maximum absolute atomic E-state index is 6.34. The SMILES string of the molecule is CCCCCCCC[PH](CC)(OCC)Oc1ccccc1. The molecule has 0 aliphatic carbocycles. The predicted molar refractivity (Wildman–Crippen MR) is 95.8 cm³/mol. The predicted octanol–water partition coefficient (Wildman–Crippen LogP) is 6.06. The number of hydrogen-bond donors (Lipinski definition) is 0. The van der Waals surface area contributed by atoms with E-state index in [-0.39, 0.29) is 0 Å². The van der Waals surface area contributed by atoms with Gasteiger partial charge in [-0.2, -0.15) is 0 Å². The molecule has 0 saturated heterocycles. The molecule has 0 aromatic heterocycles. The molecule has 0 bridgehead atoms. The van der Waals surface area contributed by atoms with Crippen LogP contribution in [0.25, 0.3) is 0 Å². The Balaban J connectivity index is 2.49. The van der Waals surface area contributed by atoms with Crippen LogP contribution in [0.4, 0.5) is 0 Å². The first kappa shape index (κ1) is 18.5. The van der Waals surface area contributed by atoms with E-state index in [0.29, 0.717) is 0 Å². The summed E-state index contributed by atoms with van der Waals surface area (Å²) < 4.78 is 12.5. The van der Waals surface area contributed by atoms with Crippen LogP contribution in [-0.2, 0) is 4.52 Å². The normalized spacial score (nSPS) is 12.3. The first-order valence-electron chi connectivity index (χ1n) is 8.64. The Morgan fingerprint density at radius 1 is 0.857 bits per heavy atom.